The predicted octanol–water partition coefficient (Wildman–Crippen LogP) is 1.18. The van der Waals surface area contributed by atoms with Crippen molar-refractivity contribution < 1.29 is 0 Å². The molecule has 124 valence electrons. The fourth-order valence-corrected chi connectivity index (χ4v) is 3.21. The Labute approximate surface area is 148 Å². The molecule has 0 aromatic carbocycles. The average Bonchev–Trinajstić information content (AvgIpc) is 3.39. The third-order valence-corrected chi connectivity index (χ3v) is 4.39. The summed E-state index contributed by atoms with van der Waals surface area (Å²) in [4.78, 5) is 17.1. The minimum Gasteiger partial charge on any atom is -0.366 e. The Hall–Kier alpha value is -3.91. The van der Waals surface area contributed by atoms with Crippen LogP contribution in [0, 0.1) is 6.57 Å². The number of nitrogens with one attached hydrogen (secondary N) is 4. The summed E-state index contributed by atoms with van der Waals surface area (Å²) in [5.41, 5.74) is 4.55. The summed E-state index contributed by atoms with van der Waals surface area (Å²) in [5, 5.41) is 3.75. The summed E-state index contributed by atoms with van der Waals surface area (Å²) in [6, 6.07) is 14.1. The smallest absolute Gasteiger partial charge is 0.212 e. The van der Waals surface area contributed by atoms with E-state index in [1.54, 1.807) is 0 Å². The normalized spacial score (nSPS) is 12.3. The van der Waals surface area contributed by atoms with Crippen molar-refractivity contribution in [3.63, 3.8) is 0 Å². The molecule has 0 saturated carbocycles. The molecular formula is C21H15N5. The van der Waals surface area contributed by atoms with Gasteiger partial charge in [-0.15, -0.1) is 0 Å². The topological polar surface area (TPSA) is 67.5 Å². The van der Waals surface area contributed by atoms with E-state index in [4.69, 9.17) is 6.57 Å². The standard InChI is InChI=1S/C21H15N5/c1-22-20-12-19-10-17-5-4-15(24-17)8-13-2-3-14(23-13)9-16-6-7-18(25-16)11-21(20)26-19/h2-12,23-26H. The number of aromatic nitrogens is 4. The lowest BCUT2D eigenvalue weighted by Gasteiger charge is -1.89. The van der Waals surface area contributed by atoms with Gasteiger partial charge in [0.1, 0.15) is 0 Å². The van der Waals surface area contributed by atoms with Crippen molar-refractivity contribution >= 4 is 30.0 Å². The number of fused-ring (bicyclic) bond motifs is 8. The molecule has 0 amide bonds. The van der Waals surface area contributed by atoms with Gasteiger partial charge in [-0.25, -0.2) is 4.85 Å². The zero-order chi connectivity index (χ0) is 17.5. The Morgan fingerprint density at radius 2 is 1.12 bits per heavy atom. The third-order valence-electron chi connectivity index (χ3n) is 4.39. The molecule has 4 aromatic rings. The second-order valence-electron chi connectivity index (χ2n) is 6.32. The lowest BCUT2D eigenvalue weighted by molar-refractivity contribution is 1.23. The van der Waals surface area contributed by atoms with E-state index in [-0.39, 0.29) is 0 Å². The number of aromatic amines is 4. The molecule has 8 bridgehead atoms. The molecule has 0 aliphatic carbocycles. The molecule has 26 heavy (non-hydrogen) atoms. The van der Waals surface area contributed by atoms with Gasteiger partial charge in [-0.05, 0) is 66.8 Å². The second-order valence-corrected chi connectivity index (χ2v) is 6.32. The number of nitrogens with zero attached hydrogens (tertiary/aromatic N) is 1. The monoisotopic (exact) mass is 337 g/mol. The van der Waals surface area contributed by atoms with Crippen molar-refractivity contribution in [3.05, 3.63) is 98.1 Å². The van der Waals surface area contributed by atoms with Gasteiger partial charge in [-0.2, -0.15) is 0 Å². The van der Waals surface area contributed by atoms with Gasteiger partial charge in [0.25, 0.3) is 0 Å². The van der Waals surface area contributed by atoms with E-state index in [0.29, 0.717) is 5.69 Å². The first-order valence-electron chi connectivity index (χ1n) is 8.32. The highest BCUT2D eigenvalue weighted by molar-refractivity contribution is 5.59. The Bertz CT molecular complexity index is 1400. The maximum absolute atomic E-state index is 7.43. The lowest BCUT2D eigenvalue weighted by atomic mass is 10.3. The molecular weight excluding hydrogens is 322 g/mol. The molecule has 5 rings (SSSR count). The van der Waals surface area contributed by atoms with Crippen molar-refractivity contribution in [2.24, 2.45) is 0 Å². The molecule has 0 fully saturated rings. The Balaban J connectivity index is 1.82. The van der Waals surface area contributed by atoms with Crippen molar-refractivity contribution in [1.29, 1.82) is 0 Å². The van der Waals surface area contributed by atoms with E-state index in [1.807, 2.05) is 42.5 Å². The molecule has 5 heteroatoms. The Kier molecular flexibility index (Phi) is 3.09. The highest BCUT2D eigenvalue weighted by Crippen LogP contribution is 2.07. The van der Waals surface area contributed by atoms with E-state index < -0.39 is 0 Å². The molecule has 0 atom stereocenters. The minimum atomic E-state index is 0.604. The number of hydrogen-bond acceptors (Lipinski definition) is 0. The Morgan fingerprint density at radius 3 is 1.69 bits per heavy atom. The van der Waals surface area contributed by atoms with Crippen molar-refractivity contribution in [2.75, 3.05) is 0 Å². The fourth-order valence-electron chi connectivity index (χ4n) is 3.21. The molecule has 0 saturated heterocycles. The van der Waals surface area contributed by atoms with Gasteiger partial charge < -0.3 is 19.9 Å². The number of hydrogen-bond donors (Lipinski definition) is 4. The van der Waals surface area contributed by atoms with Gasteiger partial charge in [0.05, 0.1) is 6.57 Å². The van der Waals surface area contributed by atoms with Gasteiger partial charge in [0.15, 0.2) is 0 Å². The van der Waals surface area contributed by atoms with Gasteiger partial charge >= 0.3 is 0 Å². The summed E-state index contributed by atoms with van der Waals surface area (Å²) in [6.45, 7) is 7.43. The van der Waals surface area contributed by atoms with Crippen LogP contribution in [0.2, 0.25) is 0 Å². The summed E-state index contributed by atoms with van der Waals surface area (Å²) < 4.78 is 0. The van der Waals surface area contributed by atoms with Crippen LogP contribution in [-0.2, 0) is 0 Å². The van der Waals surface area contributed by atoms with Crippen LogP contribution in [0.5, 0.6) is 0 Å². The molecule has 0 spiro atoms. The van der Waals surface area contributed by atoms with E-state index in [9.17, 15) is 0 Å². The zero-order valence-electron chi connectivity index (χ0n) is 13.8. The van der Waals surface area contributed by atoms with Gasteiger partial charge in [0.2, 0.25) is 5.69 Å². The van der Waals surface area contributed by atoms with Crippen LogP contribution in [0.3, 0.4) is 0 Å². The fraction of sp³-hybridized carbons (Fsp3) is 0. The number of rotatable bonds is 0. The van der Waals surface area contributed by atoms with E-state index in [0.717, 1.165) is 44.2 Å². The van der Waals surface area contributed by atoms with Crippen molar-refractivity contribution in [2.45, 2.75) is 0 Å². The predicted molar refractivity (Wildman–Crippen MR) is 102 cm³/mol. The van der Waals surface area contributed by atoms with E-state index in [1.165, 1.54) is 0 Å². The largest absolute Gasteiger partial charge is 0.366 e. The summed E-state index contributed by atoms with van der Waals surface area (Å²) >= 11 is 0. The zero-order valence-corrected chi connectivity index (χ0v) is 13.8. The summed E-state index contributed by atoms with van der Waals surface area (Å²) in [7, 11) is 0. The quantitative estimate of drug-likeness (QED) is 0.307. The van der Waals surface area contributed by atoms with Crippen LogP contribution < -0.4 is 21.4 Å². The summed E-state index contributed by atoms with van der Waals surface area (Å²) in [5.74, 6) is 0. The maximum Gasteiger partial charge on any atom is 0.212 e. The van der Waals surface area contributed by atoms with Crippen LogP contribution in [0.1, 0.15) is 22.8 Å². The second kappa shape index (κ2) is 5.57. The first kappa shape index (κ1) is 14.4. The molecule has 1 aliphatic heterocycles. The van der Waals surface area contributed by atoms with E-state index >= 15 is 0 Å². The number of H-pyrrole nitrogens is 4. The van der Waals surface area contributed by atoms with E-state index in [2.05, 4.69) is 49.1 Å². The van der Waals surface area contributed by atoms with Gasteiger partial charge in [0, 0.05) is 44.2 Å². The van der Waals surface area contributed by atoms with Gasteiger partial charge in [-0.3, -0.25) is 0 Å². The molecule has 5 heterocycles. The molecule has 4 aromatic heterocycles. The first-order valence-corrected chi connectivity index (χ1v) is 8.32. The molecule has 4 N–H and O–H groups in total. The third kappa shape index (κ3) is 2.60. The van der Waals surface area contributed by atoms with Crippen LogP contribution in [0.15, 0.2) is 42.5 Å². The van der Waals surface area contributed by atoms with Crippen molar-refractivity contribution in [1.82, 2.24) is 19.9 Å². The van der Waals surface area contributed by atoms with Gasteiger partial charge in [-0.1, -0.05) is 0 Å². The van der Waals surface area contributed by atoms with Crippen LogP contribution in [0.25, 0.3) is 29.1 Å². The first-order chi connectivity index (χ1) is 12.7. The van der Waals surface area contributed by atoms with Crippen LogP contribution in [-0.4, -0.2) is 19.9 Å². The Morgan fingerprint density at radius 1 is 0.577 bits per heavy atom. The highest BCUT2D eigenvalue weighted by Gasteiger charge is 2.01. The lowest BCUT2D eigenvalue weighted by Crippen LogP contribution is -2.10. The molecule has 0 unspecified atom stereocenters. The molecule has 0 radical (unpaired) electrons. The average molecular weight is 337 g/mol. The SMILES string of the molecule is [C-]#[N+]c1cc2[nH]c1=Cc1ccc([nH]1)C=c1ccc([nH]1)=Cc1ccc([nH]1)C=2. The summed E-state index contributed by atoms with van der Waals surface area (Å²) in [6.07, 6.45) is 8.09. The van der Waals surface area contributed by atoms with Crippen molar-refractivity contribution in [3.8, 4) is 0 Å². The minimum absolute atomic E-state index is 0.604. The van der Waals surface area contributed by atoms with Crippen LogP contribution >= 0.6 is 0 Å². The maximum atomic E-state index is 7.43. The molecule has 5 nitrogen and oxygen atoms in total. The molecule has 1 aliphatic rings. The highest BCUT2D eigenvalue weighted by atomic mass is 14.8. The van der Waals surface area contributed by atoms with Crippen LogP contribution in [0.4, 0.5) is 5.69 Å².